The fraction of sp³-hybridized carbons (Fsp3) is 0.476. The molecule has 0 aliphatic heterocycles. The van der Waals surface area contributed by atoms with Gasteiger partial charge in [-0.25, -0.2) is 8.42 Å². The zero-order valence-corrected chi connectivity index (χ0v) is 19.8. The third-order valence-electron chi connectivity index (χ3n) is 5.52. The third-order valence-corrected chi connectivity index (χ3v) is 7.73. The number of nitrogens with one attached hydrogen (secondary N) is 3. The van der Waals surface area contributed by atoms with E-state index in [0.717, 1.165) is 12.8 Å². The quantitative estimate of drug-likeness (QED) is 0.450. The van der Waals surface area contributed by atoms with Crippen LogP contribution in [0.15, 0.2) is 34.0 Å². The topological polar surface area (TPSA) is 147 Å². The molecule has 1 saturated carbocycles. The lowest BCUT2D eigenvalue weighted by Crippen LogP contribution is -2.28. The van der Waals surface area contributed by atoms with E-state index >= 15 is 0 Å². The van der Waals surface area contributed by atoms with Gasteiger partial charge in [-0.05, 0) is 44.7 Å². The number of hydrogen-bond acceptors (Lipinski definition) is 7. The Morgan fingerprint density at radius 3 is 2.50 bits per heavy atom. The number of para-hydroxylation sites is 1. The van der Waals surface area contributed by atoms with Crippen LogP contribution in [0.1, 0.15) is 56.3 Å². The summed E-state index contributed by atoms with van der Waals surface area (Å²) in [4.78, 5) is 31.4. The third kappa shape index (κ3) is 5.80. The molecule has 1 amide bonds. The summed E-state index contributed by atoms with van der Waals surface area (Å²) in [5, 5.41) is 5.34. The Kier molecular flexibility index (Phi) is 8.68. The van der Waals surface area contributed by atoms with Gasteiger partial charge in [0.2, 0.25) is 5.95 Å². The summed E-state index contributed by atoms with van der Waals surface area (Å²) in [6, 6.07) is 6.29. The van der Waals surface area contributed by atoms with Crippen LogP contribution in [0.2, 0.25) is 0 Å². The van der Waals surface area contributed by atoms with E-state index in [-0.39, 0.29) is 40.3 Å². The van der Waals surface area contributed by atoms with Crippen molar-refractivity contribution in [1.29, 1.82) is 0 Å². The Morgan fingerprint density at radius 1 is 1.22 bits per heavy atom. The number of aromatic amines is 1. The minimum atomic E-state index is -3.61. The van der Waals surface area contributed by atoms with Crippen molar-refractivity contribution in [3.05, 3.63) is 40.2 Å². The van der Waals surface area contributed by atoms with Crippen molar-refractivity contribution in [1.82, 2.24) is 9.97 Å². The van der Waals surface area contributed by atoms with E-state index in [1.807, 2.05) is 0 Å². The Balaban J connectivity index is 0.00000363. The number of carbonyl (C=O) groups is 1. The highest BCUT2D eigenvalue weighted by Gasteiger charge is 2.24. The van der Waals surface area contributed by atoms with Crippen molar-refractivity contribution in [3.8, 4) is 0 Å². The number of benzene rings is 1. The molecule has 2 aromatic rings. The number of primary amides is 1. The van der Waals surface area contributed by atoms with E-state index in [1.54, 1.807) is 32.0 Å². The number of nitrogens with two attached hydrogens (primary N) is 1. The predicted octanol–water partition coefficient (Wildman–Crippen LogP) is 3.21. The Morgan fingerprint density at radius 2 is 1.88 bits per heavy atom. The second-order valence-electron chi connectivity index (χ2n) is 8.10. The average Bonchev–Trinajstić information content (AvgIpc) is 2.72. The second kappa shape index (κ2) is 10.8. The number of sulfone groups is 1. The smallest absolute Gasteiger partial charge is 0.267 e. The summed E-state index contributed by atoms with van der Waals surface area (Å²) in [5.74, 6) is -0.358. The molecule has 0 atom stereocenters. The van der Waals surface area contributed by atoms with E-state index in [1.165, 1.54) is 25.3 Å². The lowest BCUT2D eigenvalue weighted by Gasteiger charge is -2.22. The van der Waals surface area contributed by atoms with Crippen LogP contribution in [0.25, 0.3) is 0 Å². The number of carbonyl (C=O) groups excluding carboxylic acids is 1. The van der Waals surface area contributed by atoms with E-state index in [4.69, 9.17) is 5.73 Å². The molecule has 1 aromatic heterocycles. The van der Waals surface area contributed by atoms with Crippen LogP contribution in [0.3, 0.4) is 0 Å². The molecule has 9 nitrogen and oxygen atoms in total. The van der Waals surface area contributed by atoms with Crippen molar-refractivity contribution in [2.75, 3.05) is 17.2 Å². The summed E-state index contributed by atoms with van der Waals surface area (Å²) in [7, 11) is -3.61. The molecule has 0 spiro atoms. The van der Waals surface area contributed by atoms with Gasteiger partial charge in [0.25, 0.3) is 11.5 Å². The summed E-state index contributed by atoms with van der Waals surface area (Å²) in [6.45, 7) is 3.82. The highest BCUT2D eigenvalue weighted by Crippen LogP contribution is 2.28. The fourth-order valence-electron chi connectivity index (χ4n) is 3.71. The predicted molar refractivity (Wildman–Crippen MR) is 128 cm³/mol. The Hall–Kier alpha value is -2.59. The van der Waals surface area contributed by atoms with Gasteiger partial charge in [-0.15, -0.1) is 12.4 Å². The molecule has 5 N–H and O–H groups in total. The number of H-pyrrole nitrogens is 1. The maximum Gasteiger partial charge on any atom is 0.267 e. The molecule has 1 aliphatic carbocycles. The molecular formula is C21H30ClN5O4S. The van der Waals surface area contributed by atoms with E-state index in [9.17, 15) is 18.0 Å². The molecule has 0 bridgehead atoms. The van der Waals surface area contributed by atoms with Crippen LogP contribution in [-0.4, -0.2) is 36.1 Å². The summed E-state index contributed by atoms with van der Waals surface area (Å²) in [6.07, 6.45) is 5.84. The molecule has 1 fully saturated rings. The van der Waals surface area contributed by atoms with Crippen molar-refractivity contribution in [2.45, 2.75) is 56.1 Å². The minimum Gasteiger partial charge on any atom is -0.365 e. The summed E-state index contributed by atoms with van der Waals surface area (Å²) in [5.41, 5.74) is 4.57. The van der Waals surface area contributed by atoms with Gasteiger partial charge in [-0.2, -0.15) is 4.98 Å². The standard InChI is InChI=1S/C21H29N5O4S.ClH/c1-13(2)31(29,30)16-11-7-6-10-15(16)24-19-17(18(22)27)20(28)26-21(25-19)23-12-14-8-4-3-5-9-14;/h6-7,10-11,13-14H,3-5,8-9,12H2,1-2H3,(H2,22,27)(H3,23,24,25,26,28);1H. The van der Waals surface area contributed by atoms with E-state index in [2.05, 4.69) is 20.6 Å². The first-order valence-corrected chi connectivity index (χ1v) is 12.0. The van der Waals surface area contributed by atoms with Crippen LogP contribution < -0.4 is 21.9 Å². The number of hydrogen-bond donors (Lipinski definition) is 4. The van der Waals surface area contributed by atoms with Gasteiger partial charge in [0.1, 0.15) is 5.56 Å². The van der Waals surface area contributed by atoms with Crippen LogP contribution >= 0.6 is 12.4 Å². The molecule has 0 unspecified atom stereocenters. The van der Waals surface area contributed by atoms with Crippen LogP contribution in [0.4, 0.5) is 17.5 Å². The number of anilines is 3. The van der Waals surface area contributed by atoms with Gasteiger partial charge in [-0.1, -0.05) is 31.4 Å². The fourth-order valence-corrected chi connectivity index (χ4v) is 4.91. The summed E-state index contributed by atoms with van der Waals surface area (Å²) < 4.78 is 25.5. The van der Waals surface area contributed by atoms with Gasteiger partial charge < -0.3 is 16.4 Å². The van der Waals surface area contributed by atoms with E-state index < -0.39 is 26.6 Å². The number of rotatable bonds is 8. The lowest BCUT2D eigenvalue weighted by molar-refractivity contribution is 0.0999. The monoisotopic (exact) mass is 483 g/mol. The number of aromatic nitrogens is 2. The van der Waals surface area contributed by atoms with E-state index in [0.29, 0.717) is 12.5 Å². The van der Waals surface area contributed by atoms with Crippen molar-refractivity contribution in [3.63, 3.8) is 0 Å². The average molecular weight is 484 g/mol. The largest absolute Gasteiger partial charge is 0.365 e. The van der Waals surface area contributed by atoms with Crippen LogP contribution in [-0.2, 0) is 9.84 Å². The van der Waals surface area contributed by atoms with Gasteiger partial charge in [-0.3, -0.25) is 14.6 Å². The zero-order chi connectivity index (χ0) is 22.6. The van der Waals surface area contributed by atoms with Gasteiger partial charge >= 0.3 is 0 Å². The number of halogens is 1. The van der Waals surface area contributed by atoms with Crippen molar-refractivity contribution < 1.29 is 13.2 Å². The summed E-state index contributed by atoms with van der Waals surface area (Å²) >= 11 is 0. The van der Waals surface area contributed by atoms with Crippen LogP contribution in [0.5, 0.6) is 0 Å². The second-order valence-corrected chi connectivity index (χ2v) is 10.6. The van der Waals surface area contributed by atoms with Gasteiger partial charge in [0, 0.05) is 6.54 Å². The van der Waals surface area contributed by atoms with Crippen LogP contribution in [0, 0.1) is 5.92 Å². The molecule has 1 heterocycles. The molecule has 11 heteroatoms. The zero-order valence-electron chi connectivity index (χ0n) is 18.2. The van der Waals surface area contributed by atoms with Gasteiger partial charge in [0.05, 0.1) is 15.8 Å². The molecular weight excluding hydrogens is 454 g/mol. The Labute approximate surface area is 193 Å². The highest BCUT2D eigenvalue weighted by molar-refractivity contribution is 7.92. The first kappa shape index (κ1) is 25.7. The maximum atomic E-state index is 12.7. The SMILES string of the molecule is CC(C)S(=O)(=O)c1ccccc1Nc1nc(NCC2CCCCC2)[nH]c(=O)c1C(N)=O.Cl. The minimum absolute atomic E-state index is 0. The molecule has 1 aromatic carbocycles. The normalized spacial score (nSPS) is 14.6. The molecule has 3 rings (SSSR count). The molecule has 0 saturated heterocycles. The Bertz CT molecular complexity index is 1110. The molecule has 32 heavy (non-hydrogen) atoms. The van der Waals surface area contributed by atoms with Crippen molar-refractivity contribution >= 4 is 45.6 Å². The maximum absolute atomic E-state index is 12.7. The lowest BCUT2D eigenvalue weighted by atomic mass is 9.89. The number of nitrogens with zero attached hydrogens (tertiary/aromatic N) is 1. The molecule has 1 aliphatic rings. The number of amides is 1. The first-order chi connectivity index (χ1) is 14.7. The first-order valence-electron chi connectivity index (χ1n) is 10.5. The van der Waals surface area contributed by atoms with Crippen molar-refractivity contribution in [2.24, 2.45) is 11.7 Å². The van der Waals surface area contributed by atoms with Gasteiger partial charge in [0.15, 0.2) is 15.7 Å². The molecule has 176 valence electrons. The molecule has 0 radical (unpaired) electrons. The highest BCUT2D eigenvalue weighted by atomic mass is 35.5.